The minimum Gasteiger partial charge on any atom is -0.450 e. The molecule has 0 aliphatic carbocycles. The third kappa shape index (κ3) is 4.44. The fraction of sp³-hybridized carbons (Fsp3) is 0.417. The monoisotopic (exact) mass is 277 g/mol. The SMILES string of the molecule is CCOC(=O)N[C@H](CO)c1cccc(C(F)(F)F)c1. The summed E-state index contributed by atoms with van der Waals surface area (Å²) < 4.78 is 42.2. The van der Waals surface area contributed by atoms with E-state index in [-0.39, 0.29) is 12.2 Å². The molecule has 0 unspecified atom stereocenters. The van der Waals surface area contributed by atoms with E-state index in [9.17, 15) is 18.0 Å². The van der Waals surface area contributed by atoms with E-state index in [4.69, 9.17) is 5.11 Å². The smallest absolute Gasteiger partial charge is 0.416 e. The summed E-state index contributed by atoms with van der Waals surface area (Å²) in [6, 6.07) is 3.46. The van der Waals surface area contributed by atoms with Crippen LogP contribution in [0.1, 0.15) is 24.1 Å². The van der Waals surface area contributed by atoms with Crippen LogP contribution in [0.3, 0.4) is 0 Å². The van der Waals surface area contributed by atoms with Crippen LogP contribution in [-0.2, 0) is 10.9 Å². The molecule has 0 aromatic heterocycles. The molecule has 106 valence electrons. The van der Waals surface area contributed by atoms with Crippen LogP contribution in [0, 0.1) is 0 Å². The zero-order valence-electron chi connectivity index (χ0n) is 10.2. The van der Waals surface area contributed by atoms with Gasteiger partial charge in [0.05, 0.1) is 24.8 Å². The number of aliphatic hydroxyl groups excluding tert-OH is 1. The molecule has 7 heteroatoms. The molecule has 1 amide bonds. The fourth-order valence-electron chi connectivity index (χ4n) is 1.48. The first-order valence-electron chi connectivity index (χ1n) is 5.59. The summed E-state index contributed by atoms with van der Waals surface area (Å²) >= 11 is 0. The first-order valence-corrected chi connectivity index (χ1v) is 5.59. The summed E-state index contributed by atoms with van der Waals surface area (Å²) in [5, 5.41) is 11.4. The van der Waals surface area contributed by atoms with Gasteiger partial charge in [-0.25, -0.2) is 4.79 Å². The van der Waals surface area contributed by atoms with E-state index < -0.39 is 30.5 Å². The third-order valence-electron chi connectivity index (χ3n) is 2.37. The quantitative estimate of drug-likeness (QED) is 0.889. The Hall–Kier alpha value is -1.76. The number of halogens is 3. The zero-order chi connectivity index (χ0) is 14.5. The van der Waals surface area contributed by atoms with Crippen LogP contribution in [0.4, 0.5) is 18.0 Å². The number of alkyl halides is 3. The van der Waals surface area contributed by atoms with Gasteiger partial charge in [-0.3, -0.25) is 0 Å². The molecular formula is C12H14F3NO3. The van der Waals surface area contributed by atoms with Gasteiger partial charge < -0.3 is 15.2 Å². The second-order valence-electron chi connectivity index (χ2n) is 3.72. The van der Waals surface area contributed by atoms with Gasteiger partial charge in [-0.15, -0.1) is 0 Å². The van der Waals surface area contributed by atoms with Gasteiger partial charge in [0.1, 0.15) is 0 Å². The van der Waals surface area contributed by atoms with Gasteiger partial charge in [0.2, 0.25) is 0 Å². The first-order chi connectivity index (χ1) is 8.88. The second-order valence-corrected chi connectivity index (χ2v) is 3.72. The molecule has 0 saturated carbocycles. The number of rotatable bonds is 4. The number of carbonyl (C=O) groups excluding carboxylic acids is 1. The highest BCUT2D eigenvalue weighted by Crippen LogP contribution is 2.30. The summed E-state index contributed by atoms with van der Waals surface area (Å²) in [4.78, 5) is 11.2. The number of ether oxygens (including phenoxy) is 1. The molecule has 1 atom stereocenters. The predicted octanol–water partition coefficient (Wildman–Crippen LogP) is 2.48. The van der Waals surface area contributed by atoms with Crippen molar-refractivity contribution in [1.82, 2.24) is 5.32 Å². The molecule has 0 saturated heterocycles. The van der Waals surface area contributed by atoms with E-state index in [1.54, 1.807) is 6.92 Å². The highest BCUT2D eigenvalue weighted by atomic mass is 19.4. The number of benzene rings is 1. The molecular weight excluding hydrogens is 263 g/mol. The van der Waals surface area contributed by atoms with Crippen LogP contribution < -0.4 is 5.32 Å². The lowest BCUT2D eigenvalue weighted by molar-refractivity contribution is -0.137. The molecule has 0 aliphatic heterocycles. The Balaban J connectivity index is 2.90. The maximum atomic E-state index is 12.5. The number of aliphatic hydroxyl groups is 1. The number of nitrogens with one attached hydrogen (secondary N) is 1. The van der Waals surface area contributed by atoms with Gasteiger partial charge in [0.15, 0.2) is 0 Å². The average Bonchev–Trinajstić information content (AvgIpc) is 2.35. The molecule has 0 aliphatic rings. The van der Waals surface area contributed by atoms with Crippen LogP contribution in [0.5, 0.6) is 0 Å². The van der Waals surface area contributed by atoms with Gasteiger partial charge in [0, 0.05) is 0 Å². The minimum absolute atomic E-state index is 0.132. The lowest BCUT2D eigenvalue weighted by Gasteiger charge is -2.17. The van der Waals surface area contributed by atoms with Crippen molar-refractivity contribution < 1.29 is 27.8 Å². The summed E-state index contributed by atoms with van der Waals surface area (Å²) in [5.41, 5.74) is -0.681. The predicted molar refractivity (Wildman–Crippen MR) is 61.4 cm³/mol. The topological polar surface area (TPSA) is 58.6 Å². The van der Waals surface area contributed by atoms with Crippen molar-refractivity contribution in [1.29, 1.82) is 0 Å². The van der Waals surface area contributed by atoms with Gasteiger partial charge in [-0.2, -0.15) is 13.2 Å². The Labute approximate surface area is 108 Å². The standard InChI is InChI=1S/C12H14F3NO3/c1-2-19-11(18)16-10(7-17)8-4-3-5-9(6-8)12(13,14)15/h3-6,10,17H,2,7H2,1H3,(H,16,18)/t10-/m1/s1. The van der Waals surface area contributed by atoms with Crippen molar-refractivity contribution in [2.75, 3.05) is 13.2 Å². The van der Waals surface area contributed by atoms with Crippen LogP contribution >= 0.6 is 0 Å². The third-order valence-corrected chi connectivity index (χ3v) is 2.37. The van der Waals surface area contributed by atoms with E-state index in [0.29, 0.717) is 0 Å². The average molecular weight is 277 g/mol. The van der Waals surface area contributed by atoms with Gasteiger partial charge in [-0.05, 0) is 24.6 Å². The Bertz CT molecular complexity index is 434. The van der Waals surface area contributed by atoms with Gasteiger partial charge in [-0.1, -0.05) is 12.1 Å². The van der Waals surface area contributed by atoms with E-state index in [1.165, 1.54) is 12.1 Å². The minimum atomic E-state index is -4.47. The number of hydrogen-bond donors (Lipinski definition) is 2. The molecule has 1 aromatic carbocycles. The summed E-state index contributed by atoms with van der Waals surface area (Å²) in [6.07, 6.45) is -5.26. The van der Waals surface area contributed by atoms with Crippen LogP contribution in [0.15, 0.2) is 24.3 Å². The Morgan fingerprint density at radius 2 is 2.16 bits per heavy atom. The lowest BCUT2D eigenvalue weighted by Crippen LogP contribution is -2.31. The molecule has 2 N–H and O–H groups in total. The molecule has 0 heterocycles. The number of hydrogen-bond acceptors (Lipinski definition) is 3. The van der Waals surface area contributed by atoms with Crippen molar-refractivity contribution in [3.05, 3.63) is 35.4 Å². The Morgan fingerprint density at radius 1 is 1.47 bits per heavy atom. The normalized spacial score (nSPS) is 12.9. The lowest BCUT2D eigenvalue weighted by atomic mass is 10.0. The van der Waals surface area contributed by atoms with Crippen molar-refractivity contribution >= 4 is 6.09 Å². The summed E-state index contributed by atoms with van der Waals surface area (Å²) in [5.74, 6) is 0. The molecule has 1 rings (SSSR count). The molecule has 19 heavy (non-hydrogen) atoms. The van der Waals surface area contributed by atoms with Crippen molar-refractivity contribution in [2.45, 2.75) is 19.1 Å². The number of carbonyl (C=O) groups is 1. The van der Waals surface area contributed by atoms with Crippen molar-refractivity contribution in [3.63, 3.8) is 0 Å². The fourth-order valence-corrected chi connectivity index (χ4v) is 1.48. The summed E-state index contributed by atoms with van der Waals surface area (Å²) in [7, 11) is 0. The van der Waals surface area contributed by atoms with Gasteiger partial charge in [0.25, 0.3) is 0 Å². The first kappa shape index (κ1) is 15.3. The molecule has 1 aromatic rings. The van der Waals surface area contributed by atoms with E-state index in [2.05, 4.69) is 10.1 Å². The maximum Gasteiger partial charge on any atom is 0.416 e. The maximum absolute atomic E-state index is 12.5. The highest BCUT2D eigenvalue weighted by Gasteiger charge is 2.31. The molecule has 4 nitrogen and oxygen atoms in total. The van der Waals surface area contributed by atoms with E-state index in [0.717, 1.165) is 12.1 Å². The largest absolute Gasteiger partial charge is 0.450 e. The van der Waals surface area contributed by atoms with E-state index in [1.807, 2.05) is 0 Å². The van der Waals surface area contributed by atoms with Crippen molar-refractivity contribution in [3.8, 4) is 0 Å². The zero-order valence-corrected chi connectivity index (χ0v) is 10.2. The molecule has 0 bridgehead atoms. The number of amides is 1. The van der Waals surface area contributed by atoms with Crippen molar-refractivity contribution in [2.24, 2.45) is 0 Å². The second kappa shape index (κ2) is 6.42. The molecule has 0 fully saturated rings. The van der Waals surface area contributed by atoms with Crippen LogP contribution in [0.25, 0.3) is 0 Å². The molecule has 0 radical (unpaired) electrons. The van der Waals surface area contributed by atoms with E-state index >= 15 is 0 Å². The highest BCUT2D eigenvalue weighted by molar-refractivity contribution is 5.67. The van der Waals surface area contributed by atoms with Gasteiger partial charge >= 0.3 is 12.3 Å². The molecule has 0 spiro atoms. The summed E-state index contributed by atoms with van der Waals surface area (Å²) in [6.45, 7) is 1.20. The van der Waals surface area contributed by atoms with Crippen LogP contribution in [-0.4, -0.2) is 24.4 Å². The van der Waals surface area contributed by atoms with Crippen LogP contribution in [0.2, 0.25) is 0 Å². The number of alkyl carbamates (subject to hydrolysis) is 1. The Morgan fingerprint density at radius 3 is 2.68 bits per heavy atom. The Kier molecular flexibility index (Phi) is 5.17.